The van der Waals surface area contributed by atoms with Crippen molar-refractivity contribution in [1.29, 1.82) is 0 Å². The van der Waals surface area contributed by atoms with Crippen molar-refractivity contribution in [2.45, 2.75) is 32.8 Å². The number of hydrogen-bond donors (Lipinski definition) is 0. The Morgan fingerprint density at radius 2 is 1.95 bits per heavy atom. The van der Waals surface area contributed by atoms with Crippen LogP contribution >= 0.6 is 0 Å². The maximum Gasteiger partial charge on any atom is 0.338 e. The van der Waals surface area contributed by atoms with Gasteiger partial charge in [0.05, 0.1) is 5.56 Å². The summed E-state index contributed by atoms with van der Waals surface area (Å²) in [5.74, 6) is 0.947. The molecule has 3 saturated carbocycles. The average molecular weight is 256 g/mol. The first-order chi connectivity index (χ1) is 9.00. The molecule has 3 aliphatic carbocycles. The van der Waals surface area contributed by atoms with Crippen molar-refractivity contribution in [3.8, 4) is 0 Å². The van der Waals surface area contributed by atoms with Gasteiger partial charge in [0.25, 0.3) is 0 Å². The second-order valence-corrected chi connectivity index (χ2v) is 6.38. The fourth-order valence-electron chi connectivity index (χ4n) is 3.57. The monoisotopic (exact) mass is 256 g/mol. The molecule has 2 nitrogen and oxygen atoms in total. The molecule has 1 aromatic rings. The Labute approximate surface area is 114 Å². The summed E-state index contributed by atoms with van der Waals surface area (Å²) < 4.78 is 5.65. The standard InChI is InChI=1S/C17H20O2/c1-11-14-9-13(17(14,2)3)10-15(11)19-16(18)12-7-5-4-6-8-12/h4-8,13-15H,1,9-10H2,2-3H3/t13-,14+,15+/m1/s1. The largest absolute Gasteiger partial charge is 0.454 e. The summed E-state index contributed by atoms with van der Waals surface area (Å²) in [6.07, 6.45) is 2.05. The fourth-order valence-corrected chi connectivity index (χ4v) is 3.57. The third-order valence-electron chi connectivity index (χ3n) is 5.09. The summed E-state index contributed by atoms with van der Waals surface area (Å²) in [6, 6.07) is 9.19. The van der Waals surface area contributed by atoms with Gasteiger partial charge in [-0.15, -0.1) is 0 Å². The zero-order valence-electron chi connectivity index (χ0n) is 11.6. The first kappa shape index (κ1) is 12.5. The van der Waals surface area contributed by atoms with Crippen molar-refractivity contribution >= 4 is 5.97 Å². The molecule has 0 aliphatic heterocycles. The molecule has 2 heteroatoms. The summed E-state index contributed by atoms with van der Waals surface area (Å²) >= 11 is 0. The summed E-state index contributed by atoms with van der Waals surface area (Å²) in [5.41, 5.74) is 2.07. The lowest BCUT2D eigenvalue weighted by Crippen LogP contribution is -2.54. The predicted octanol–water partition coefficient (Wildman–Crippen LogP) is 3.83. The third kappa shape index (κ3) is 1.90. The van der Waals surface area contributed by atoms with E-state index in [9.17, 15) is 4.79 Å². The molecule has 0 radical (unpaired) electrons. The third-order valence-corrected chi connectivity index (χ3v) is 5.09. The molecule has 3 atom stereocenters. The topological polar surface area (TPSA) is 26.3 Å². The number of ether oxygens (including phenoxy) is 1. The molecule has 0 saturated heterocycles. The van der Waals surface area contributed by atoms with Gasteiger partial charge in [0.1, 0.15) is 6.10 Å². The Bertz CT molecular complexity index is 515. The van der Waals surface area contributed by atoms with E-state index < -0.39 is 0 Å². The van der Waals surface area contributed by atoms with Crippen molar-refractivity contribution < 1.29 is 9.53 Å². The van der Waals surface area contributed by atoms with Gasteiger partial charge in [-0.25, -0.2) is 4.79 Å². The van der Waals surface area contributed by atoms with Crippen LogP contribution in [0.5, 0.6) is 0 Å². The van der Waals surface area contributed by atoms with Crippen LogP contribution in [0.3, 0.4) is 0 Å². The van der Waals surface area contributed by atoms with E-state index in [0.29, 0.717) is 22.8 Å². The highest BCUT2D eigenvalue weighted by Crippen LogP contribution is 2.61. The Morgan fingerprint density at radius 3 is 2.53 bits per heavy atom. The molecular weight excluding hydrogens is 236 g/mol. The van der Waals surface area contributed by atoms with Gasteiger partial charge in [-0.05, 0) is 47.8 Å². The van der Waals surface area contributed by atoms with E-state index in [1.165, 1.54) is 6.42 Å². The maximum atomic E-state index is 12.1. The molecule has 4 rings (SSSR count). The number of rotatable bonds is 2. The zero-order chi connectivity index (χ0) is 13.6. The van der Waals surface area contributed by atoms with Crippen molar-refractivity contribution in [1.82, 2.24) is 0 Å². The first-order valence-corrected chi connectivity index (χ1v) is 6.95. The van der Waals surface area contributed by atoms with E-state index in [4.69, 9.17) is 4.74 Å². The van der Waals surface area contributed by atoms with Crippen molar-refractivity contribution in [2.75, 3.05) is 0 Å². The van der Waals surface area contributed by atoms with Crippen molar-refractivity contribution in [3.05, 3.63) is 48.0 Å². The van der Waals surface area contributed by atoms with Gasteiger partial charge in [0, 0.05) is 0 Å². The molecule has 0 N–H and O–H groups in total. The molecule has 0 spiro atoms. The summed E-state index contributed by atoms with van der Waals surface area (Å²) in [5, 5.41) is 0. The highest BCUT2D eigenvalue weighted by molar-refractivity contribution is 5.89. The average Bonchev–Trinajstić information content (AvgIpc) is 2.41. The van der Waals surface area contributed by atoms with Crippen LogP contribution in [0.25, 0.3) is 0 Å². The minimum absolute atomic E-state index is 0.0931. The van der Waals surface area contributed by atoms with E-state index in [-0.39, 0.29) is 12.1 Å². The Balaban J connectivity index is 1.70. The molecule has 0 aromatic heterocycles. The highest BCUT2D eigenvalue weighted by Gasteiger charge is 2.55. The van der Waals surface area contributed by atoms with Gasteiger partial charge < -0.3 is 4.74 Å². The molecular formula is C17H20O2. The van der Waals surface area contributed by atoms with Crippen LogP contribution in [0, 0.1) is 17.3 Å². The predicted molar refractivity (Wildman–Crippen MR) is 74.8 cm³/mol. The molecule has 1 aromatic carbocycles. The Hall–Kier alpha value is -1.57. The summed E-state index contributed by atoms with van der Waals surface area (Å²) in [7, 11) is 0. The molecule has 2 bridgehead atoms. The van der Waals surface area contributed by atoms with E-state index in [2.05, 4.69) is 20.4 Å². The zero-order valence-corrected chi connectivity index (χ0v) is 11.6. The van der Waals surface area contributed by atoms with Crippen LogP contribution in [0.15, 0.2) is 42.5 Å². The molecule has 19 heavy (non-hydrogen) atoms. The minimum atomic E-state index is -0.231. The number of carbonyl (C=O) groups is 1. The van der Waals surface area contributed by atoms with Gasteiger partial charge in [-0.1, -0.05) is 38.6 Å². The SMILES string of the molecule is C=C1[C@@H](OC(=O)c2ccccc2)C[C@H]2C[C@@H]1C2(C)C. The van der Waals surface area contributed by atoms with E-state index in [1.54, 1.807) is 12.1 Å². The normalized spacial score (nSPS) is 31.5. The Morgan fingerprint density at radius 1 is 1.26 bits per heavy atom. The lowest BCUT2D eigenvalue weighted by molar-refractivity contribution is -0.0769. The van der Waals surface area contributed by atoms with Crippen molar-refractivity contribution in [2.24, 2.45) is 17.3 Å². The van der Waals surface area contributed by atoms with Crippen LogP contribution in [-0.2, 0) is 4.74 Å². The van der Waals surface area contributed by atoms with E-state index in [1.807, 2.05) is 18.2 Å². The number of esters is 1. The molecule has 0 heterocycles. The molecule has 0 unspecified atom stereocenters. The number of benzene rings is 1. The second kappa shape index (κ2) is 4.22. The highest BCUT2D eigenvalue weighted by atomic mass is 16.5. The van der Waals surface area contributed by atoms with Crippen LogP contribution < -0.4 is 0 Å². The smallest absolute Gasteiger partial charge is 0.338 e. The lowest BCUT2D eigenvalue weighted by Gasteiger charge is -2.59. The van der Waals surface area contributed by atoms with Gasteiger partial charge >= 0.3 is 5.97 Å². The number of hydrogen-bond acceptors (Lipinski definition) is 2. The lowest BCUT2D eigenvalue weighted by atomic mass is 9.47. The molecule has 100 valence electrons. The summed E-state index contributed by atoms with van der Waals surface area (Å²) in [6.45, 7) is 8.78. The number of fused-ring (bicyclic) bond motifs is 2. The van der Waals surface area contributed by atoms with Crippen LogP contribution in [0.4, 0.5) is 0 Å². The van der Waals surface area contributed by atoms with Crippen LogP contribution in [0.2, 0.25) is 0 Å². The molecule has 3 aliphatic rings. The molecule has 0 amide bonds. The molecule has 3 fully saturated rings. The quantitative estimate of drug-likeness (QED) is 0.593. The minimum Gasteiger partial charge on any atom is -0.454 e. The van der Waals surface area contributed by atoms with E-state index in [0.717, 1.165) is 12.0 Å². The van der Waals surface area contributed by atoms with Gasteiger partial charge in [-0.2, -0.15) is 0 Å². The second-order valence-electron chi connectivity index (χ2n) is 6.38. The van der Waals surface area contributed by atoms with Gasteiger partial charge in [0.2, 0.25) is 0 Å². The van der Waals surface area contributed by atoms with Crippen LogP contribution in [0.1, 0.15) is 37.0 Å². The van der Waals surface area contributed by atoms with Crippen molar-refractivity contribution in [3.63, 3.8) is 0 Å². The fraction of sp³-hybridized carbons (Fsp3) is 0.471. The van der Waals surface area contributed by atoms with E-state index >= 15 is 0 Å². The number of carbonyl (C=O) groups excluding carboxylic acids is 1. The van der Waals surface area contributed by atoms with Gasteiger partial charge in [0.15, 0.2) is 0 Å². The Kier molecular flexibility index (Phi) is 2.77. The van der Waals surface area contributed by atoms with Gasteiger partial charge in [-0.3, -0.25) is 0 Å². The van der Waals surface area contributed by atoms with Crippen LogP contribution in [-0.4, -0.2) is 12.1 Å². The summed E-state index contributed by atoms with van der Waals surface area (Å²) in [4.78, 5) is 12.1. The maximum absolute atomic E-state index is 12.1. The first-order valence-electron chi connectivity index (χ1n) is 6.95.